The van der Waals surface area contributed by atoms with Gasteiger partial charge >= 0.3 is 0 Å². The molecule has 2 heterocycles. The van der Waals surface area contributed by atoms with E-state index in [1.807, 2.05) is 20.8 Å². The molecule has 1 aliphatic rings. The number of hydrogen-bond donors (Lipinski definition) is 1. The van der Waals surface area contributed by atoms with Crippen LogP contribution in [0.25, 0.3) is 0 Å². The van der Waals surface area contributed by atoms with Crippen molar-refractivity contribution in [2.45, 2.75) is 39.3 Å². The Bertz CT molecular complexity index is 462. The summed E-state index contributed by atoms with van der Waals surface area (Å²) in [6.07, 6.45) is 1.74. The van der Waals surface area contributed by atoms with E-state index in [9.17, 15) is 9.59 Å². The zero-order valence-electron chi connectivity index (χ0n) is 11.5. The van der Waals surface area contributed by atoms with Crippen LogP contribution in [0.15, 0.2) is 16.9 Å². The van der Waals surface area contributed by atoms with Crippen LogP contribution >= 0.6 is 0 Å². The first kappa shape index (κ1) is 13.6. The highest BCUT2D eigenvalue weighted by Crippen LogP contribution is 2.25. The van der Waals surface area contributed by atoms with Gasteiger partial charge in [0.15, 0.2) is 0 Å². The summed E-state index contributed by atoms with van der Waals surface area (Å²) in [7, 11) is 0. The summed E-state index contributed by atoms with van der Waals surface area (Å²) in [6, 6.07) is 1.70. The van der Waals surface area contributed by atoms with Crippen molar-refractivity contribution >= 4 is 11.8 Å². The predicted molar refractivity (Wildman–Crippen MR) is 67.9 cm³/mol. The van der Waals surface area contributed by atoms with Gasteiger partial charge in [-0.2, -0.15) is 0 Å². The number of nitrogens with zero attached hydrogens (tertiary/aromatic N) is 2. The molecule has 2 rings (SSSR count). The monoisotopic (exact) mass is 265 g/mol. The molecule has 0 radical (unpaired) electrons. The molecule has 1 aromatic heterocycles. The van der Waals surface area contributed by atoms with Gasteiger partial charge in [0.2, 0.25) is 11.8 Å². The van der Waals surface area contributed by atoms with E-state index in [1.54, 1.807) is 11.0 Å². The molecule has 19 heavy (non-hydrogen) atoms. The van der Waals surface area contributed by atoms with Gasteiger partial charge in [0.05, 0.1) is 12.5 Å². The maximum atomic E-state index is 12.0. The first-order chi connectivity index (χ1) is 8.88. The molecular weight excluding hydrogens is 246 g/mol. The third-order valence-electron chi connectivity index (χ3n) is 3.24. The maximum Gasteiger partial charge on any atom is 0.225 e. The van der Waals surface area contributed by atoms with Crippen molar-refractivity contribution in [3.63, 3.8) is 0 Å². The van der Waals surface area contributed by atoms with Gasteiger partial charge in [0.25, 0.3) is 0 Å². The lowest BCUT2D eigenvalue weighted by Gasteiger charge is -2.31. The lowest BCUT2D eigenvalue weighted by molar-refractivity contribution is -0.132. The summed E-state index contributed by atoms with van der Waals surface area (Å²) in [5.74, 6) is -0.351. The number of carbonyl (C=O) groups is 2. The van der Waals surface area contributed by atoms with E-state index in [0.29, 0.717) is 18.8 Å². The Morgan fingerprint density at radius 3 is 2.84 bits per heavy atom. The van der Waals surface area contributed by atoms with Crippen LogP contribution in [0.5, 0.6) is 0 Å². The van der Waals surface area contributed by atoms with Gasteiger partial charge in [-0.3, -0.25) is 9.59 Å². The zero-order valence-corrected chi connectivity index (χ0v) is 11.5. The minimum absolute atomic E-state index is 0.0362. The third kappa shape index (κ3) is 3.13. The number of aromatic nitrogens is 1. The average molecular weight is 265 g/mol. The zero-order chi connectivity index (χ0) is 14.0. The summed E-state index contributed by atoms with van der Waals surface area (Å²) >= 11 is 0. The van der Waals surface area contributed by atoms with Crippen molar-refractivity contribution in [3.8, 4) is 0 Å². The van der Waals surface area contributed by atoms with E-state index < -0.39 is 0 Å². The summed E-state index contributed by atoms with van der Waals surface area (Å²) in [5.41, 5.74) is 0.434. The van der Waals surface area contributed by atoms with Crippen molar-refractivity contribution in [2.24, 2.45) is 5.92 Å². The quantitative estimate of drug-likeness (QED) is 0.882. The second-order valence-corrected chi connectivity index (χ2v) is 5.78. The Labute approximate surface area is 112 Å². The van der Waals surface area contributed by atoms with Crippen LogP contribution < -0.4 is 5.32 Å². The third-order valence-corrected chi connectivity index (χ3v) is 3.24. The van der Waals surface area contributed by atoms with Gasteiger partial charge < -0.3 is 14.7 Å². The lowest BCUT2D eigenvalue weighted by Crippen LogP contribution is -2.43. The number of likely N-dealkylation sites (tertiary alicyclic amines) is 1. The highest BCUT2D eigenvalue weighted by Gasteiger charge is 2.39. The van der Waals surface area contributed by atoms with Gasteiger partial charge in [-0.05, 0) is 20.8 Å². The molecule has 1 atom stereocenters. The number of carbonyl (C=O) groups excluding carboxylic acids is 2. The molecule has 0 spiro atoms. The Hall–Kier alpha value is -1.85. The predicted octanol–water partition coefficient (Wildman–Crippen LogP) is 0.938. The van der Waals surface area contributed by atoms with Crippen LogP contribution in [0, 0.1) is 5.92 Å². The lowest BCUT2D eigenvalue weighted by atomic mass is 10.1. The SMILES string of the molecule is CC(C)(C)N1CC(C(=O)NCc2ccon2)CC1=O. The van der Waals surface area contributed by atoms with Crippen LogP contribution in [-0.4, -0.2) is 34.0 Å². The van der Waals surface area contributed by atoms with Crippen LogP contribution in [-0.2, 0) is 16.1 Å². The van der Waals surface area contributed by atoms with E-state index in [2.05, 4.69) is 15.0 Å². The molecule has 0 aromatic carbocycles. The molecule has 1 aliphatic heterocycles. The molecule has 6 heteroatoms. The Kier molecular flexibility index (Phi) is 3.59. The van der Waals surface area contributed by atoms with Crippen molar-refractivity contribution in [1.29, 1.82) is 0 Å². The first-order valence-corrected chi connectivity index (χ1v) is 6.35. The topological polar surface area (TPSA) is 75.4 Å². The molecular formula is C13H19N3O3. The summed E-state index contributed by atoms with van der Waals surface area (Å²) in [6.45, 7) is 6.73. The highest BCUT2D eigenvalue weighted by molar-refractivity contribution is 5.89. The van der Waals surface area contributed by atoms with Gasteiger partial charge in [-0.25, -0.2) is 0 Å². The minimum atomic E-state index is -0.279. The molecule has 1 N–H and O–H groups in total. The van der Waals surface area contributed by atoms with Crippen molar-refractivity contribution in [2.75, 3.05) is 6.54 Å². The summed E-state index contributed by atoms with van der Waals surface area (Å²) in [4.78, 5) is 25.7. The second-order valence-electron chi connectivity index (χ2n) is 5.78. The Morgan fingerprint density at radius 1 is 1.58 bits per heavy atom. The molecule has 2 amide bonds. The van der Waals surface area contributed by atoms with Crippen molar-refractivity contribution < 1.29 is 14.1 Å². The van der Waals surface area contributed by atoms with Crippen molar-refractivity contribution in [3.05, 3.63) is 18.0 Å². The van der Waals surface area contributed by atoms with Crippen LogP contribution in [0.2, 0.25) is 0 Å². The number of rotatable bonds is 3. The second kappa shape index (κ2) is 5.03. The molecule has 0 aliphatic carbocycles. The van der Waals surface area contributed by atoms with Gasteiger partial charge in [0.1, 0.15) is 12.0 Å². The average Bonchev–Trinajstić information content (AvgIpc) is 2.93. The van der Waals surface area contributed by atoms with Crippen LogP contribution in [0.3, 0.4) is 0 Å². The van der Waals surface area contributed by atoms with Crippen LogP contribution in [0.4, 0.5) is 0 Å². The largest absolute Gasteiger partial charge is 0.364 e. The standard InChI is InChI=1S/C13H19N3O3/c1-13(2,3)16-8-9(6-11(16)17)12(18)14-7-10-4-5-19-15-10/h4-5,9H,6-8H2,1-3H3,(H,14,18). The smallest absolute Gasteiger partial charge is 0.225 e. The van der Waals surface area contributed by atoms with Crippen LogP contribution in [0.1, 0.15) is 32.9 Å². The van der Waals surface area contributed by atoms with Gasteiger partial charge in [0, 0.05) is 24.6 Å². The van der Waals surface area contributed by atoms with Gasteiger partial charge in [-0.1, -0.05) is 5.16 Å². The first-order valence-electron chi connectivity index (χ1n) is 6.35. The summed E-state index contributed by atoms with van der Waals surface area (Å²) in [5, 5.41) is 6.50. The van der Waals surface area contributed by atoms with E-state index in [-0.39, 0.29) is 29.7 Å². The van der Waals surface area contributed by atoms with E-state index in [1.165, 1.54) is 6.26 Å². The highest BCUT2D eigenvalue weighted by atomic mass is 16.5. The molecule has 0 bridgehead atoms. The Balaban J connectivity index is 1.89. The molecule has 1 saturated heterocycles. The molecule has 6 nitrogen and oxygen atoms in total. The maximum absolute atomic E-state index is 12.0. The fraction of sp³-hybridized carbons (Fsp3) is 0.615. The minimum Gasteiger partial charge on any atom is -0.364 e. The fourth-order valence-electron chi connectivity index (χ4n) is 2.18. The molecule has 1 unspecified atom stereocenters. The van der Waals surface area contributed by atoms with E-state index >= 15 is 0 Å². The number of amides is 2. The van der Waals surface area contributed by atoms with Gasteiger partial charge in [-0.15, -0.1) is 0 Å². The van der Waals surface area contributed by atoms with E-state index in [4.69, 9.17) is 0 Å². The van der Waals surface area contributed by atoms with E-state index in [0.717, 1.165) is 0 Å². The molecule has 1 aromatic rings. The molecule has 1 fully saturated rings. The number of hydrogen-bond acceptors (Lipinski definition) is 4. The normalized spacial score (nSPS) is 19.8. The van der Waals surface area contributed by atoms with Crippen molar-refractivity contribution in [1.82, 2.24) is 15.4 Å². The molecule has 0 saturated carbocycles. The molecule has 104 valence electrons. The number of nitrogens with one attached hydrogen (secondary N) is 1. The Morgan fingerprint density at radius 2 is 2.32 bits per heavy atom. The summed E-state index contributed by atoms with van der Waals surface area (Å²) < 4.78 is 4.69. The fourth-order valence-corrected chi connectivity index (χ4v) is 2.18.